The molecule has 1 aromatic carbocycles. The van der Waals surface area contributed by atoms with Crippen molar-refractivity contribution < 1.29 is 14.3 Å². The number of thiazole rings is 1. The maximum Gasteiger partial charge on any atom is 0.264 e. The van der Waals surface area contributed by atoms with Crippen molar-refractivity contribution in [2.24, 2.45) is 0 Å². The molecule has 2 heterocycles. The third-order valence-corrected chi connectivity index (χ3v) is 5.38. The Kier molecular flexibility index (Phi) is 7.04. The molecule has 2 atom stereocenters. The van der Waals surface area contributed by atoms with Crippen LogP contribution in [0, 0.1) is 0 Å². The van der Waals surface area contributed by atoms with Gasteiger partial charge in [-0.2, -0.15) is 0 Å². The summed E-state index contributed by atoms with van der Waals surface area (Å²) in [7, 11) is 0. The molecule has 0 spiro atoms. The van der Waals surface area contributed by atoms with E-state index < -0.39 is 0 Å². The van der Waals surface area contributed by atoms with E-state index in [2.05, 4.69) is 49.0 Å². The van der Waals surface area contributed by atoms with Gasteiger partial charge in [0, 0.05) is 25.0 Å². The van der Waals surface area contributed by atoms with Crippen LogP contribution < -0.4 is 10.1 Å². The van der Waals surface area contributed by atoms with Crippen LogP contribution in [0.3, 0.4) is 0 Å². The molecule has 1 aliphatic heterocycles. The van der Waals surface area contributed by atoms with E-state index in [0.717, 1.165) is 25.3 Å². The second kappa shape index (κ2) is 9.49. The number of anilines is 1. The molecule has 1 aromatic heterocycles. The number of hydrogen-bond acceptors (Lipinski definition) is 6. The van der Waals surface area contributed by atoms with Gasteiger partial charge in [-0.05, 0) is 37.5 Å². The molecule has 2 unspecified atom stereocenters. The molecule has 0 radical (unpaired) electrons. The molecule has 1 amide bonds. The minimum Gasteiger partial charge on any atom is -0.484 e. The van der Waals surface area contributed by atoms with Crippen LogP contribution in [0.4, 0.5) is 5.13 Å². The van der Waals surface area contributed by atoms with E-state index in [1.165, 1.54) is 16.9 Å². The van der Waals surface area contributed by atoms with E-state index in [4.69, 9.17) is 9.47 Å². The maximum absolute atomic E-state index is 12.2. The summed E-state index contributed by atoms with van der Waals surface area (Å²) >= 11 is 1.44. The van der Waals surface area contributed by atoms with Gasteiger partial charge in [-0.3, -0.25) is 15.0 Å². The number of morpholine rings is 1. The monoisotopic (exact) mass is 403 g/mol. The minimum absolute atomic E-state index is 0.0328. The molecule has 2 aromatic rings. The van der Waals surface area contributed by atoms with Crippen LogP contribution in [0.2, 0.25) is 0 Å². The zero-order chi connectivity index (χ0) is 20.1. The third kappa shape index (κ3) is 6.02. The number of nitrogens with one attached hydrogen (secondary N) is 1. The number of carbonyl (C=O) groups is 1. The lowest BCUT2D eigenvalue weighted by atomic mass is 10.0. The van der Waals surface area contributed by atoms with Gasteiger partial charge in [0.2, 0.25) is 0 Å². The number of amides is 1. The number of benzene rings is 1. The summed E-state index contributed by atoms with van der Waals surface area (Å²) in [4.78, 5) is 19.1. The fourth-order valence-corrected chi connectivity index (χ4v) is 4.06. The van der Waals surface area contributed by atoms with Crippen molar-refractivity contribution >= 4 is 22.4 Å². The van der Waals surface area contributed by atoms with Crippen molar-refractivity contribution in [3.05, 3.63) is 40.9 Å². The molecule has 1 saturated heterocycles. The van der Waals surface area contributed by atoms with Crippen molar-refractivity contribution in [3.63, 3.8) is 0 Å². The quantitative estimate of drug-likeness (QED) is 0.760. The fraction of sp³-hybridized carbons (Fsp3) is 0.524. The Bertz CT molecular complexity index is 783. The smallest absolute Gasteiger partial charge is 0.264 e. The van der Waals surface area contributed by atoms with Crippen LogP contribution in [0.1, 0.15) is 44.9 Å². The van der Waals surface area contributed by atoms with Gasteiger partial charge in [0.05, 0.1) is 17.9 Å². The van der Waals surface area contributed by atoms with E-state index in [0.29, 0.717) is 16.8 Å². The standard InChI is InChI=1S/C21H29N3O3S/c1-14(2)17-6-5-7-19(8-17)26-12-20(25)23-21-22-18(13-28-21)11-24-9-15(3)27-16(4)10-24/h5-8,13-16H,9-12H2,1-4H3,(H,22,23,25). The van der Waals surface area contributed by atoms with E-state index in [1.54, 1.807) is 0 Å². The van der Waals surface area contributed by atoms with Gasteiger partial charge in [-0.1, -0.05) is 26.0 Å². The van der Waals surface area contributed by atoms with Gasteiger partial charge < -0.3 is 9.47 Å². The first-order valence-electron chi connectivity index (χ1n) is 9.74. The van der Waals surface area contributed by atoms with Crippen LogP contribution in [-0.4, -0.2) is 47.7 Å². The van der Waals surface area contributed by atoms with Crippen LogP contribution in [0.5, 0.6) is 5.75 Å². The zero-order valence-electron chi connectivity index (χ0n) is 17.0. The molecule has 6 nitrogen and oxygen atoms in total. The van der Waals surface area contributed by atoms with E-state index in [-0.39, 0.29) is 24.7 Å². The van der Waals surface area contributed by atoms with Gasteiger partial charge in [0.15, 0.2) is 11.7 Å². The Labute approximate surface area is 170 Å². The molecule has 28 heavy (non-hydrogen) atoms. The molecule has 0 bridgehead atoms. The number of hydrogen-bond donors (Lipinski definition) is 1. The topological polar surface area (TPSA) is 63.7 Å². The van der Waals surface area contributed by atoms with E-state index in [1.807, 2.05) is 23.6 Å². The van der Waals surface area contributed by atoms with E-state index in [9.17, 15) is 4.79 Å². The SMILES string of the molecule is CC1CN(Cc2csc(NC(=O)COc3cccc(C(C)C)c3)n2)CC(C)O1. The highest BCUT2D eigenvalue weighted by Gasteiger charge is 2.22. The predicted octanol–water partition coefficient (Wildman–Crippen LogP) is 3.89. The van der Waals surface area contributed by atoms with Crippen molar-refractivity contribution in [1.82, 2.24) is 9.88 Å². The Morgan fingerprint density at radius 1 is 1.36 bits per heavy atom. The van der Waals surface area contributed by atoms with Crippen molar-refractivity contribution in [1.29, 1.82) is 0 Å². The second-order valence-electron chi connectivity index (χ2n) is 7.66. The third-order valence-electron chi connectivity index (χ3n) is 4.57. The summed E-state index contributed by atoms with van der Waals surface area (Å²) in [5, 5.41) is 5.42. The summed E-state index contributed by atoms with van der Waals surface area (Å²) in [6.45, 7) is 11.0. The van der Waals surface area contributed by atoms with Gasteiger partial charge in [0.1, 0.15) is 5.75 Å². The molecule has 1 fully saturated rings. The first-order chi connectivity index (χ1) is 13.4. The molecular weight excluding hydrogens is 374 g/mol. The summed E-state index contributed by atoms with van der Waals surface area (Å²) in [6, 6.07) is 7.85. The van der Waals surface area contributed by atoms with Crippen LogP contribution in [-0.2, 0) is 16.1 Å². The number of rotatable bonds is 7. The number of nitrogens with zero attached hydrogens (tertiary/aromatic N) is 2. The summed E-state index contributed by atoms with van der Waals surface area (Å²) < 4.78 is 11.4. The van der Waals surface area contributed by atoms with Gasteiger partial charge in [0.25, 0.3) is 5.91 Å². The van der Waals surface area contributed by atoms with Crippen LogP contribution in [0.25, 0.3) is 0 Å². The first kappa shape index (κ1) is 20.8. The first-order valence-corrected chi connectivity index (χ1v) is 10.6. The van der Waals surface area contributed by atoms with Crippen molar-refractivity contribution in [2.75, 3.05) is 25.0 Å². The highest BCUT2D eigenvalue weighted by atomic mass is 32.1. The average molecular weight is 404 g/mol. The zero-order valence-corrected chi connectivity index (χ0v) is 17.8. The minimum atomic E-state index is -0.204. The number of ether oxygens (including phenoxy) is 2. The van der Waals surface area contributed by atoms with E-state index >= 15 is 0 Å². The molecule has 0 aliphatic carbocycles. The van der Waals surface area contributed by atoms with Crippen molar-refractivity contribution in [2.45, 2.75) is 52.4 Å². The van der Waals surface area contributed by atoms with Gasteiger partial charge in [-0.25, -0.2) is 4.98 Å². The molecule has 152 valence electrons. The number of carbonyl (C=O) groups excluding carboxylic acids is 1. The Balaban J connectivity index is 1.48. The predicted molar refractivity (Wildman–Crippen MR) is 112 cm³/mol. The van der Waals surface area contributed by atoms with Crippen LogP contribution >= 0.6 is 11.3 Å². The van der Waals surface area contributed by atoms with Gasteiger partial charge in [-0.15, -0.1) is 11.3 Å². The summed E-state index contributed by atoms with van der Waals surface area (Å²) in [5.74, 6) is 0.921. The molecule has 1 aliphatic rings. The molecule has 3 rings (SSSR count). The van der Waals surface area contributed by atoms with Crippen molar-refractivity contribution in [3.8, 4) is 5.75 Å². The highest BCUT2D eigenvalue weighted by Crippen LogP contribution is 2.21. The Morgan fingerprint density at radius 2 is 2.11 bits per heavy atom. The molecule has 0 saturated carbocycles. The highest BCUT2D eigenvalue weighted by molar-refractivity contribution is 7.13. The number of aromatic nitrogens is 1. The molecular formula is C21H29N3O3S. The molecule has 7 heteroatoms. The summed E-state index contributed by atoms with van der Waals surface area (Å²) in [5.41, 5.74) is 2.15. The largest absolute Gasteiger partial charge is 0.484 e. The maximum atomic E-state index is 12.2. The average Bonchev–Trinajstić information content (AvgIpc) is 3.06. The van der Waals surface area contributed by atoms with Crippen LogP contribution in [0.15, 0.2) is 29.6 Å². The van der Waals surface area contributed by atoms with Gasteiger partial charge >= 0.3 is 0 Å². The Hall–Kier alpha value is -1.96. The Morgan fingerprint density at radius 3 is 2.82 bits per heavy atom. The fourth-order valence-electron chi connectivity index (χ4n) is 3.35. The lowest BCUT2D eigenvalue weighted by Crippen LogP contribution is -2.44. The second-order valence-corrected chi connectivity index (χ2v) is 8.52. The normalized spacial score (nSPS) is 20.3. The summed E-state index contributed by atoms with van der Waals surface area (Å²) in [6.07, 6.45) is 0.459. The lowest BCUT2D eigenvalue weighted by molar-refractivity contribution is -0.118. The molecule has 1 N–H and O–H groups in total. The lowest BCUT2D eigenvalue weighted by Gasteiger charge is -2.34.